The van der Waals surface area contributed by atoms with Crippen LogP contribution < -0.4 is 0 Å². The fourth-order valence-corrected chi connectivity index (χ4v) is 6.26. The van der Waals surface area contributed by atoms with Gasteiger partial charge in [0.15, 0.2) is 12.4 Å². The molecule has 1 N–H and O–H groups in total. The molecular weight excluding hydrogens is 340 g/mol. The molecule has 4 nitrogen and oxygen atoms in total. The summed E-state index contributed by atoms with van der Waals surface area (Å²) in [5.74, 6) is 0.486. The minimum absolute atomic E-state index is 0.0459. The maximum absolute atomic E-state index is 12.7. The van der Waals surface area contributed by atoms with Crippen molar-refractivity contribution in [1.29, 1.82) is 0 Å². The summed E-state index contributed by atoms with van der Waals surface area (Å²) in [6.45, 7) is 5.76. The number of rotatable bonds is 3. The smallest absolute Gasteiger partial charge is 0.303 e. The second-order valence-electron chi connectivity index (χ2n) is 9.22. The summed E-state index contributed by atoms with van der Waals surface area (Å²) >= 11 is 0. The van der Waals surface area contributed by atoms with Gasteiger partial charge in [-0.05, 0) is 50.4 Å². The van der Waals surface area contributed by atoms with Crippen LogP contribution in [0.4, 0.5) is 0 Å². The molecule has 4 rings (SSSR count). The molecule has 0 spiro atoms. The zero-order valence-corrected chi connectivity index (χ0v) is 16.6. The van der Waals surface area contributed by atoms with Gasteiger partial charge in [0, 0.05) is 23.3 Å². The van der Waals surface area contributed by atoms with Crippen LogP contribution in [0.1, 0.15) is 59.3 Å². The number of carbonyl (C=O) groups excluding carboxylic acids is 2. The van der Waals surface area contributed by atoms with E-state index < -0.39 is 5.97 Å². The molecule has 0 bridgehead atoms. The Bertz CT molecular complexity index is 773. The average molecular weight is 370 g/mol. The molecule has 1 fully saturated rings. The molecule has 4 aliphatic rings. The van der Waals surface area contributed by atoms with Crippen molar-refractivity contribution < 1.29 is 19.4 Å². The van der Waals surface area contributed by atoms with Gasteiger partial charge in [-0.25, -0.2) is 0 Å². The molecule has 5 atom stereocenters. The number of hydrogen-bond acceptors (Lipinski definition) is 4. The largest absolute Gasteiger partial charge is 0.457 e. The maximum atomic E-state index is 12.7. The average Bonchev–Trinajstić information content (AvgIpc) is 2.97. The van der Waals surface area contributed by atoms with Gasteiger partial charge >= 0.3 is 5.97 Å². The molecule has 0 saturated heterocycles. The molecule has 3 unspecified atom stereocenters. The van der Waals surface area contributed by atoms with E-state index in [1.165, 1.54) is 18.1 Å². The van der Waals surface area contributed by atoms with Crippen molar-refractivity contribution in [2.24, 2.45) is 22.7 Å². The Balaban J connectivity index is 1.61. The highest BCUT2D eigenvalue weighted by Crippen LogP contribution is 2.63. The SMILES string of the molecule is CC(=O)OCC(=O)C1=CCC2C3CCC4=CC(O)CC[C@]4(C)C3=CC[C@]12C. The van der Waals surface area contributed by atoms with Gasteiger partial charge in [0.05, 0.1) is 6.10 Å². The van der Waals surface area contributed by atoms with Crippen LogP contribution in [-0.2, 0) is 14.3 Å². The van der Waals surface area contributed by atoms with E-state index in [1.807, 2.05) is 0 Å². The zero-order chi connectivity index (χ0) is 19.4. The standard InChI is InChI=1S/C23H30O4/c1-14(24)27-13-21(26)20-7-6-18-17-5-4-15-12-16(25)8-10-22(15,2)19(17)9-11-23(18,20)3/h7,9,12,16-18,25H,4-6,8,10-11,13H2,1-3H3/t16?,17?,18?,22-,23-/m0/s1. The second-order valence-corrected chi connectivity index (χ2v) is 9.22. The summed E-state index contributed by atoms with van der Waals surface area (Å²) in [6, 6.07) is 0. The summed E-state index contributed by atoms with van der Waals surface area (Å²) in [7, 11) is 0. The molecule has 0 aromatic heterocycles. The first-order valence-electron chi connectivity index (χ1n) is 10.2. The third-order valence-corrected chi connectivity index (χ3v) is 7.75. The molecule has 0 heterocycles. The van der Waals surface area contributed by atoms with Crippen molar-refractivity contribution in [2.75, 3.05) is 6.61 Å². The third-order valence-electron chi connectivity index (χ3n) is 7.75. The molecule has 4 heteroatoms. The highest BCUT2D eigenvalue weighted by atomic mass is 16.5. The van der Waals surface area contributed by atoms with Gasteiger partial charge < -0.3 is 9.84 Å². The summed E-state index contributed by atoms with van der Waals surface area (Å²) in [6.07, 6.45) is 12.1. The lowest BCUT2D eigenvalue weighted by Gasteiger charge is -2.53. The number of fused-ring (bicyclic) bond motifs is 5. The van der Waals surface area contributed by atoms with Crippen molar-refractivity contribution in [2.45, 2.75) is 65.4 Å². The number of aliphatic hydroxyl groups is 1. The van der Waals surface area contributed by atoms with E-state index in [-0.39, 0.29) is 29.3 Å². The monoisotopic (exact) mass is 370 g/mol. The minimum Gasteiger partial charge on any atom is -0.457 e. The van der Waals surface area contributed by atoms with Gasteiger partial charge in [0.2, 0.25) is 0 Å². The number of aliphatic hydroxyl groups excluding tert-OH is 1. The molecule has 0 amide bonds. The Hall–Kier alpha value is -1.68. The molecule has 0 aromatic carbocycles. The van der Waals surface area contributed by atoms with E-state index >= 15 is 0 Å². The number of Topliss-reactive ketones (excluding diaryl/α,β-unsaturated/α-hetero) is 1. The second kappa shape index (κ2) is 6.44. The van der Waals surface area contributed by atoms with Crippen LogP contribution in [0.3, 0.4) is 0 Å². The first-order chi connectivity index (χ1) is 12.8. The van der Waals surface area contributed by atoms with Crippen molar-refractivity contribution in [3.63, 3.8) is 0 Å². The Labute approximate surface area is 161 Å². The van der Waals surface area contributed by atoms with E-state index in [1.54, 1.807) is 0 Å². The molecule has 0 aromatic rings. The van der Waals surface area contributed by atoms with Gasteiger partial charge in [-0.15, -0.1) is 0 Å². The summed E-state index contributed by atoms with van der Waals surface area (Å²) < 4.78 is 4.97. The minimum atomic E-state index is -0.409. The fraction of sp³-hybridized carbons (Fsp3) is 0.652. The van der Waals surface area contributed by atoms with Gasteiger partial charge in [-0.2, -0.15) is 0 Å². The predicted molar refractivity (Wildman–Crippen MR) is 103 cm³/mol. The van der Waals surface area contributed by atoms with Crippen LogP contribution in [0.25, 0.3) is 0 Å². The zero-order valence-electron chi connectivity index (χ0n) is 16.6. The Morgan fingerprint density at radius 3 is 2.78 bits per heavy atom. The summed E-state index contributed by atoms with van der Waals surface area (Å²) in [4.78, 5) is 23.8. The van der Waals surface area contributed by atoms with Crippen molar-refractivity contribution in [3.05, 3.63) is 34.9 Å². The van der Waals surface area contributed by atoms with Crippen molar-refractivity contribution in [3.8, 4) is 0 Å². The highest BCUT2D eigenvalue weighted by molar-refractivity contribution is 5.99. The van der Waals surface area contributed by atoms with Crippen molar-refractivity contribution >= 4 is 11.8 Å². The van der Waals surface area contributed by atoms with Gasteiger partial charge in [-0.1, -0.05) is 43.2 Å². The van der Waals surface area contributed by atoms with Crippen LogP contribution in [-0.4, -0.2) is 29.6 Å². The van der Waals surface area contributed by atoms with Crippen LogP contribution in [0, 0.1) is 22.7 Å². The van der Waals surface area contributed by atoms with E-state index in [9.17, 15) is 14.7 Å². The van der Waals surface area contributed by atoms with Crippen LogP contribution in [0.15, 0.2) is 34.9 Å². The molecule has 4 aliphatic carbocycles. The number of esters is 1. The van der Waals surface area contributed by atoms with E-state index in [4.69, 9.17) is 4.74 Å². The number of ketones is 1. The van der Waals surface area contributed by atoms with Gasteiger partial charge in [-0.3, -0.25) is 9.59 Å². The van der Waals surface area contributed by atoms with Crippen molar-refractivity contribution in [1.82, 2.24) is 0 Å². The van der Waals surface area contributed by atoms with E-state index in [2.05, 4.69) is 32.1 Å². The van der Waals surface area contributed by atoms with Crippen LogP contribution in [0.5, 0.6) is 0 Å². The lowest BCUT2D eigenvalue weighted by atomic mass is 9.51. The third kappa shape index (κ3) is 2.84. The summed E-state index contributed by atoms with van der Waals surface area (Å²) in [5, 5.41) is 10.1. The number of ether oxygens (including phenoxy) is 1. The topological polar surface area (TPSA) is 63.6 Å². The molecule has 0 radical (unpaired) electrons. The molecule has 27 heavy (non-hydrogen) atoms. The van der Waals surface area contributed by atoms with Gasteiger partial charge in [0.1, 0.15) is 0 Å². The highest BCUT2D eigenvalue weighted by Gasteiger charge is 2.54. The first-order valence-corrected chi connectivity index (χ1v) is 10.2. The lowest BCUT2D eigenvalue weighted by Crippen LogP contribution is -2.45. The molecular formula is C23H30O4. The van der Waals surface area contributed by atoms with Gasteiger partial charge in [0.25, 0.3) is 0 Å². The van der Waals surface area contributed by atoms with Crippen LogP contribution >= 0.6 is 0 Å². The molecule has 1 saturated carbocycles. The normalized spacial score (nSPS) is 40.0. The lowest BCUT2D eigenvalue weighted by molar-refractivity contribution is -0.145. The Morgan fingerprint density at radius 2 is 2.04 bits per heavy atom. The quantitative estimate of drug-likeness (QED) is 0.604. The summed E-state index contributed by atoms with van der Waals surface area (Å²) in [5.41, 5.74) is 3.72. The van der Waals surface area contributed by atoms with Crippen LogP contribution in [0.2, 0.25) is 0 Å². The molecule has 146 valence electrons. The number of hydrogen-bond donors (Lipinski definition) is 1. The Kier molecular flexibility index (Phi) is 4.45. The fourth-order valence-electron chi connectivity index (χ4n) is 6.26. The first kappa shape index (κ1) is 18.7. The number of allylic oxidation sites excluding steroid dienone is 4. The maximum Gasteiger partial charge on any atom is 0.303 e. The molecule has 0 aliphatic heterocycles. The van der Waals surface area contributed by atoms with E-state index in [0.717, 1.165) is 44.1 Å². The number of carbonyl (C=O) groups is 2. The van der Waals surface area contributed by atoms with E-state index in [0.29, 0.717) is 11.8 Å². The Morgan fingerprint density at radius 1 is 1.26 bits per heavy atom. The predicted octanol–water partition coefficient (Wildman–Crippen LogP) is 3.90.